The minimum absolute atomic E-state index is 0.0154. The van der Waals surface area contributed by atoms with Crippen molar-refractivity contribution < 1.29 is 13.9 Å². The number of nitrogens with one attached hydrogen (secondary N) is 1. The molecule has 0 saturated carbocycles. The number of hydrogen-bond donors (Lipinski definition) is 1. The molecule has 5 rings (SSSR count). The quantitative estimate of drug-likeness (QED) is 0.286. The van der Waals surface area contributed by atoms with E-state index in [-0.39, 0.29) is 17.0 Å². The summed E-state index contributed by atoms with van der Waals surface area (Å²) in [5.41, 5.74) is 5.32. The number of amides is 1. The van der Waals surface area contributed by atoms with Crippen molar-refractivity contribution in [3.05, 3.63) is 88.1 Å². The van der Waals surface area contributed by atoms with Gasteiger partial charge in [0, 0.05) is 21.8 Å². The number of fused-ring (bicyclic) bond motifs is 2. The van der Waals surface area contributed by atoms with E-state index < -0.39 is 11.8 Å². The van der Waals surface area contributed by atoms with Crippen LogP contribution >= 0.6 is 11.6 Å². The van der Waals surface area contributed by atoms with Crippen molar-refractivity contribution in [2.45, 2.75) is 27.7 Å². The van der Waals surface area contributed by atoms with E-state index in [1.165, 1.54) is 17.0 Å². The normalized spacial score (nSPS) is 11.3. The Balaban J connectivity index is 1.51. The van der Waals surface area contributed by atoms with Gasteiger partial charge in [0.05, 0.1) is 16.4 Å². The molecule has 0 radical (unpaired) electrons. The molecule has 0 spiro atoms. The Labute approximate surface area is 206 Å². The summed E-state index contributed by atoms with van der Waals surface area (Å²) in [6, 6.07) is 13.5. The van der Waals surface area contributed by atoms with Crippen LogP contribution in [0.25, 0.3) is 21.8 Å². The maximum absolute atomic E-state index is 15.6. The summed E-state index contributed by atoms with van der Waals surface area (Å²) < 4.78 is 22.9. The maximum Gasteiger partial charge on any atom is 0.330 e. The molecular formula is C27H22ClFN4O2. The third kappa shape index (κ3) is 4.08. The van der Waals surface area contributed by atoms with E-state index >= 15 is 4.39 Å². The average molecular weight is 489 g/mol. The van der Waals surface area contributed by atoms with Crippen LogP contribution in [-0.2, 0) is 0 Å². The van der Waals surface area contributed by atoms with Crippen molar-refractivity contribution in [2.75, 3.05) is 5.32 Å². The molecule has 1 amide bonds. The first kappa shape index (κ1) is 22.8. The molecule has 0 atom stereocenters. The highest BCUT2D eigenvalue weighted by atomic mass is 35.5. The van der Waals surface area contributed by atoms with Gasteiger partial charge in [0.1, 0.15) is 6.33 Å². The molecular weight excluding hydrogens is 467 g/mol. The topological polar surface area (TPSA) is 69.0 Å². The number of rotatable bonds is 3. The number of hydrogen-bond acceptors (Lipinski definition) is 4. The number of aryl methyl sites for hydroxylation is 4. The molecule has 2 aromatic heterocycles. The molecule has 0 aliphatic heterocycles. The SMILES string of the molecule is Cc1cc2ncnc(Oc3ccc4c(cc(C)n4C(=O)Nc4ccc(Cl)c(C)c4)c3F)c2cc1C. The minimum atomic E-state index is -0.574. The van der Waals surface area contributed by atoms with Gasteiger partial charge in [-0.15, -0.1) is 0 Å². The molecule has 176 valence electrons. The number of carbonyl (C=O) groups is 1. The second-order valence-electron chi connectivity index (χ2n) is 8.56. The standard InChI is InChI=1S/C27H22ClFN4O2/c1-14-10-19-22(11-15(14)2)30-13-31-26(19)35-24-8-7-23-20(25(24)29)12-17(4)33(23)27(34)32-18-5-6-21(28)16(3)9-18/h5-13H,1-4H3,(H,32,34). The van der Waals surface area contributed by atoms with Gasteiger partial charge in [-0.2, -0.15) is 0 Å². The number of anilines is 1. The van der Waals surface area contributed by atoms with Crippen LogP contribution in [-0.4, -0.2) is 20.6 Å². The lowest BCUT2D eigenvalue weighted by Gasteiger charge is -2.12. The Kier molecular flexibility index (Phi) is 5.65. The smallest absolute Gasteiger partial charge is 0.330 e. The van der Waals surface area contributed by atoms with Gasteiger partial charge in [0.25, 0.3) is 0 Å². The van der Waals surface area contributed by atoms with E-state index in [0.717, 1.165) is 22.2 Å². The van der Waals surface area contributed by atoms with Gasteiger partial charge >= 0.3 is 6.03 Å². The largest absolute Gasteiger partial charge is 0.435 e. The number of ether oxygens (including phenoxy) is 1. The first-order valence-corrected chi connectivity index (χ1v) is 11.4. The van der Waals surface area contributed by atoms with Crippen molar-refractivity contribution in [3.8, 4) is 11.6 Å². The molecule has 0 unspecified atom stereocenters. The fraction of sp³-hybridized carbons (Fsp3) is 0.148. The number of benzene rings is 3. The molecule has 0 saturated heterocycles. The number of aromatic nitrogens is 3. The van der Waals surface area contributed by atoms with E-state index in [9.17, 15) is 4.79 Å². The minimum Gasteiger partial charge on any atom is -0.435 e. The molecule has 0 bridgehead atoms. The zero-order valence-corrected chi connectivity index (χ0v) is 20.4. The van der Waals surface area contributed by atoms with Crippen molar-refractivity contribution in [1.82, 2.24) is 14.5 Å². The predicted octanol–water partition coefficient (Wildman–Crippen LogP) is 7.48. The van der Waals surface area contributed by atoms with Gasteiger partial charge in [-0.05, 0) is 92.9 Å². The summed E-state index contributed by atoms with van der Waals surface area (Å²) in [6.07, 6.45) is 1.40. The van der Waals surface area contributed by atoms with Crippen LogP contribution in [0.15, 0.2) is 54.9 Å². The fourth-order valence-electron chi connectivity index (χ4n) is 4.09. The van der Waals surface area contributed by atoms with Crippen molar-refractivity contribution in [2.24, 2.45) is 0 Å². The molecule has 6 nitrogen and oxygen atoms in total. The maximum atomic E-state index is 15.6. The molecule has 0 aliphatic rings. The highest BCUT2D eigenvalue weighted by molar-refractivity contribution is 6.31. The second-order valence-corrected chi connectivity index (χ2v) is 8.97. The molecule has 35 heavy (non-hydrogen) atoms. The summed E-state index contributed by atoms with van der Waals surface area (Å²) in [5, 5.41) is 4.42. The zero-order chi connectivity index (χ0) is 24.9. The Morgan fingerprint density at radius 3 is 2.49 bits per heavy atom. The predicted molar refractivity (Wildman–Crippen MR) is 136 cm³/mol. The Bertz CT molecular complexity index is 1640. The van der Waals surface area contributed by atoms with Crippen LogP contribution in [0.2, 0.25) is 5.02 Å². The number of halogens is 2. The van der Waals surface area contributed by atoms with Crippen LogP contribution in [0.4, 0.5) is 14.9 Å². The fourth-order valence-corrected chi connectivity index (χ4v) is 4.20. The first-order chi connectivity index (χ1) is 16.7. The lowest BCUT2D eigenvalue weighted by molar-refractivity contribution is 0.254. The van der Waals surface area contributed by atoms with Crippen molar-refractivity contribution >= 4 is 45.1 Å². The van der Waals surface area contributed by atoms with E-state index in [0.29, 0.717) is 27.3 Å². The Morgan fingerprint density at radius 2 is 1.71 bits per heavy atom. The molecule has 1 N–H and O–H groups in total. The summed E-state index contributed by atoms with van der Waals surface area (Å²) in [5.74, 6) is -0.292. The van der Waals surface area contributed by atoms with Crippen molar-refractivity contribution in [1.29, 1.82) is 0 Å². The molecule has 8 heteroatoms. The van der Waals surface area contributed by atoms with Crippen LogP contribution in [0.5, 0.6) is 11.6 Å². The summed E-state index contributed by atoms with van der Waals surface area (Å²) in [4.78, 5) is 21.6. The Morgan fingerprint density at radius 1 is 0.943 bits per heavy atom. The van der Waals surface area contributed by atoms with Gasteiger partial charge in [-0.1, -0.05) is 11.6 Å². The first-order valence-electron chi connectivity index (χ1n) is 11.0. The molecule has 0 fully saturated rings. The van der Waals surface area contributed by atoms with E-state index in [4.69, 9.17) is 16.3 Å². The monoisotopic (exact) mass is 488 g/mol. The van der Waals surface area contributed by atoms with Crippen LogP contribution in [0.3, 0.4) is 0 Å². The molecule has 2 heterocycles. The summed E-state index contributed by atoms with van der Waals surface area (Å²) >= 11 is 6.08. The van der Waals surface area contributed by atoms with E-state index in [2.05, 4.69) is 15.3 Å². The van der Waals surface area contributed by atoms with E-state index in [1.54, 1.807) is 37.3 Å². The van der Waals surface area contributed by atoms with Crippen molar-refractivity contribution in [3.63, 3.8) is 0 Å². The highest BCUT2D eigenvalue weighted by Crippen LogP contribution is 2.34. The summed E-state index contributed by atoms with van der Waals surface area (Å²) in [6.45, 7) is 7.59. The zero-order valence-electron chi connectivity index (χ0n) is 19.6. The molecule has 0 aliphatic carbocycles. The van der Waals surface area contributed by atoms with Gasteiger partial charge in [0.2, 0.25) is 5.88 Å². The number of carbonyl (C=O) groups excluding carboxylic acids is 1. The highest BCUT2D eigenvalue weighted by Gasteiger charge is 2.19. The Hall–Kier alpha value is -3.97. The van der Waals surface area contributed by atoms with Gasteiger partial charge in [-0.25, -0.2) is 19.2 Å². The lowest BCUT2D eigenvalue weighted by Crippen LogP contribution is -2.20. The molecule has 5 aromatic rings. The van der Waals surface area contributed by atoms with Crippen LogP contribution < -0.4 is 10.1 Å². The number of nitrogens with zero attached hydrogens (tertiary/aromatic N) is 3. The third-order valence-electron chi connectivity index (χ3n) is 6.10. The van der Waals surface area contributed by atoms with Crippen LogP contribution in [0, 0.1) is 33.5 Å². The van der Waals surface area contributed by atoms with Gasteiger partial charge in [0.15, 0.2) is 11.6 Å². The third-order valence-corrected chi connectivity index (χ3v) is 6.53. The van der Waals surface area contributed by atoms with Gasteiger partial charge in [-0.3, -0.25) is 4.57 Å². The average Bonchev–Trinajstić information content (AvgIpc) is 3.16. The summed E-state index contributed by atoms with van der Waals surface area (Å²) in [7, 11) is 0. The second kappa shape index (κ2) is 8.67. The van der Waals surface area contributed by atoms with Crippen LogP contribution in [0.1, 0.15) is 22.4 Å². The molecule has 3 aromatic carbocycles. The van der Waals surface area contributed by atoms with E-state index in [1.807, 2.05) is 32.9 Å². The van der Waals surface area contributed by atoms with Gasteiger partial charge < -0.3 is 10.1 Å². The lowest BCUT2D eigenvalue weighted by atomic mass is 10.1.